The molecule has 1 aromatic heterocycles. The Morgan fingerprint density at radius 2 is 1.97 bits per heavy atom. The second-order valence-electron chi connectivity index (χ2n) is 6.58. The second-order valence-corrected chi connectivity index (χ2v) is 6.58. The van der Waals surface area contributed by atoms with Crippen LogP contribution in [-0.4, -0.2) is 34.6 Å². The van der Waals surface area contributed by atoms with Crippen LogP contribution in [0, 0.1) is 5.82 Å². The van der Waals surface area contributed by atoms with Crippen molar-refractivity contribution >= 4 is 17.4 Å². The minimum atomic E-state index is -0.714. The van der Waals surface area contributed by atoms with Crippen molar-refractivity contribution in [2.45, 2.75) is 19.1 Å². The topological polar surface area (TPSA) is 77.7 Å². The van der Waals surface area contributed by atoms with Crippen molar-refractivity contribution in [3.63, 3.8) is 0 Å². The second kappa shape index (κ2) is 8.14. The van der Waals surface area contributed by atoms with Crippen LogP contribution in [0.3, 0.4) is 0 Å². The zero-order valence-electron chi connectivity index (χ0n) is 15.7. The van der Waals surface area contributed by atoms with Crippen LogP contribution >= 0.6 is 0 Å². The molecule has 148 valence electrons. The van der Waals surface area contributed by atoms with Gasteiger partial charge in [-0.05, 0) is 47.5 Å². The monoisotopic (exact) mass is 394 g/mol. The number of carbonyl (C=O) groups excluding carboxylic acids is 1. The predicted octanol–water partition coefficient (Wildman–Crippen LogP) is 3.21. The van der Waals surface area contributed by atoms with Crippen LogP contribution in [0.2, 0.25) is 0 Å². The maximum Gasteiger partial charge on any atom is 0.269 e. The number of anilines is 1. The minimum Gasteiger partial charge on any atom is -0.497 e. The molecule has 3 aromatic rings. The first-order chi connectivity index (χ1) is 14.1. The quantitative estimate of drug-likeness (QED) is 0.696. The number of methoxy groups -OCH3 is 1. The van der Waals surface area contributed by atoms with Gasteiger partial charge in [0.15, 0.2) is 5.82 Å². The zero-order valence-corrected chi connectivity index (χ0v) is 15.7. The third-order valence-corrected chi connectivity index (χ3v) is 4.53. The lowest BCUT2D eigenvalue weighted by Gasteiger charge is -2.07. The molecule has 0 saturated carbocycles. The van der Waals surface area contributed by atoms with E-state index in [-0.39, 0.29) is 11.7 Å². The molecule has 0 radical (unpaired) electrons. The van der Waals surface area contributed by atoms with Gasteiger partial charge in [-0.2, -0.15) is 5.10 Å². The highest BCUT2D eigenvalue weighted by molar-refractivity contribution is 6.06. The number of nitrogens with zero attached hydrogens (tertiary/aromatic N) is 3. The molecule has 1 aliphatic heterocycles. The van der Waals surface area contributed by atoms with Gasteiger partial charge in [0, 0.05) is 18.7 Å². The van der Waals surface area contributed by atoms with E-state index in [1.165, 1.54) is 12.1 Å². The van der Waals surface area contributed by atoms with Crippen LogP contribution in [-0.2, 0) is 16.2 Å². The highest BCUT2D eigenvalue weighted by Gasteiger charge is 2.29. The summed E-state index contributed by atoms with van der Waals surface area (Å²) in [7, 11) is 1.60. The Kier molecular flexibility index (Phi) is 5.24. The highest BCUT2D eigenvalue weighted by atomic mass is 19.1. The number of halogens is 1. The van der Waals surface area contributed by atoms with E-state index >= 15 is 0 Å². The van der Waals surface area contributed by atoms with Gasteiger partial charge in [-0.3, -0.25) is 9.48 Å². The Hall–Kier alpha value is -3.68. The number of ether oxygens (including phenoxy) is 1. The molecule has 4 rings (SSSR count). The molecule has 1 amide bonds. The molecule has 0 bridgehead atoms. The van der Waals surface area contributed by atoms with E-state index in [2.05, 4.69) is 15.6 Å². The number of hydrogen-bond donors (Lipinski definition) is 1. The molecule has 1 N–H and O–H groups in total. The number of aromatic nitrogens is 2. The normalized spacial score (nSPS) is 15.5. The van der Waals surface area contributed by atoms with Gasteiger partial charge in [-0.15, -0.1) is 0 Å². The molecule has 0 aliphatic carbocycles. The lowest BCUT2D eigenvalue weighted by molar-refractivity contribution is -0.125. The molecule has 2 heterocycles. The molecular formula is C21H19FN4O3. The van der Waals surface area contributed by atoms with Gasteiger partial charge in [-0.25, -0.2) is 4.39 Å². The molecule has 1 unspecified atom stereocenters. The zero-order chi connectivity index (χ0) is 20.2. The third kappa shape index (κ3) is 4.43. The van der Waals surface area contributed by atoms with E-state index < -0.39 is 6.10 Å². The molecule has 7 nitrogen and oxygen atoms in total. The molecule has 1 aliphatic rings. The predicted molar refractivity (Wildman–Crippen MR) is 105 cm³/mol. The van der Waals surface area contributed by atoms with Crippen molar-refractivity contribution in [3.05, 3.63) is 77.7 Å². The number of hydrogen-bond acceptors (Lipinski definition) is 5. The van der Waals surface area contributed by atoms with Crippen molar-refractivity contribution in [2.24, 2.45) is 5.16 Å². The molecule has 0 saturated heterocycles. The Morgan fingerprint density at radius 1 is 1.21 bits per heavy atom. The Balaban J connectivity index is 1.33. The lowest BCUT2D eigenvalue weighted by atomic mass is 10.0. The summed E-state index contributed by atoms with van der Waals surface area (Å²) in [5, 5.41) is 11.1. The largest absolute Gasteiger partial charge is 0.497 e. The summed E-state index contributed by atoms with van der Waals surface area (Å²) in [4.78, 5) is 17.8. The summed E-state index contributed by atoms with van der Waals surface area (Å²) in [5.41, 5.74) is 2.49. The molecule has 2 aromatic carbocycles. The van der Waals surface area contributed by atoms with Gasteiger partial charge in [0.25, 0.3) is 5.91 Å². The summed E-state index contributed by atoms with van der Waals surface area (Å²) < 4.78 is 19.8. The minimum absolute atomic E-state index is 0.282. The van der Waals surface area contributed by atoms with Gasteiger partial charge < -0.3 is 14.9 Å². The Bertz CT molecular complexity index is 1030. The highest BCUT2D eigenvalue weighted by Crippen LogP contribution is 2.20. The van der Waals surface area contributed by atoms with E-state index in [1.54, 1.807) is 36.2 Å². The molecule has 0 fully saturated rings. The molecule has 29 heavy (non-hydrogen) atoms. The summed E-state index contributed by atoms with van der Waals surface area (Å²) in [6, 6.07) is 15.3. The summed E-state index contributed by atoms with van der Waals surface area (Å²) in [6.07, 6.45) is 1.40. The van der Waals surface area contributed by atoms with E-state index in [1.807, 2.05) is 24.3 Å². The smallest absolute Gasteiger partial charge is 0.269 e. The van der Waals surface area contributed by atoms with Crippen molar-refractivity contribution in [3.8, 4) is 5.75 Å². The first-order valence-corrected chi connectivity index (χ1v) is 9.06. The number of amides is 1. The third-order valence-electron chi connectivity index (χ3n) is 4.53. The SMILES string of the molecule is COc1ccc(C2=NOC(C(=O)Nc3ccn(Cc4ccc(F)cc4)n3)C2)cc1. The molecule has 1 atom stereocenters. The van der Waals surface area contributed by atoms with Gasteiger partial charge in [0.1, 0.15) is 11.6 Å². The van der Waals surface area contributed by atoms with Gasteiger partial charge >= 0.3 is 0 Å². The number of carbonyl (C=O) groups is 1. The van der Waals surface area contributed by atoms with Gasteiger partial charge in [0.05, 0.1) is 19.4 Å². The summed E-state index contributed by atoms with van der Waals surface area (Å²) in [6.45, 7) is 0.473. The van der Waals surface area contributed by atoms with Crippen molar-refractivity contribution in [1.29, 1.82) is 0 Å². The number of benzene rings is 2. The van der Waals surface area contributed by atoms with Crippen molar-refractivity contribution < 1.29 is 18.8 Å². The van der Waals surface area contributed by atoms with Crippen LogP contribution < -0.4 is 10.1 Å². The fourth-order valence-corrected chi connectivity index (χ4v) is 2.97. The first-order valence-electron chi connectivity index (χ1n) is 9.06. The van der Waals surface area contributed by atoms with Crippen LogP contribution in [0.15, 0.2) is 65.9 Å². The van der Waals surface area contributed by atoms with Gasteiger partial charge in [0.2, 0.25) is 6.10 Å². The van der Waals surface area contributed by atoms with E-state index in [4.69, 9.17) is 9.57 Å². The van der Waals surface area contributed by atoms with Crippen LogP contribution in [0.5, 0.6) is 5.75 Å². The molecule has 8 heteroatoms. The van der Waals surface area contributed by atoms with Crippen LogP contribution in [0.1, 0.15) is 17.5 Å². The Morgan fingerprint density at radius 3 is 2.69 bits per heavy atom. The summed E-state index contributed by atoms with van der Waals surface area (Å²) in [5.74, 6) is 0.566. The van der Waals surface area contributed by atoms with E-state index in [0.717, 1.165) is 16.9 Å². The fourth-order valence-electron chi connectivity index (χ4n) is 2.97. The van der Waals surface area contributed by atoms with Crippen molar-refractivity contribution in [2.75, 3.05) is 12.4 Å². The maximum absolute atomic E-state index is 13.0. The number of oxime groups is 1. The standard InChI is InChI=1S/C21H19FN4O3/c1-28-17-8-4-15(5-9-17)18-12-19(29-25-18)21(27)23-20-10-11-26(24-20)13-14-2-6-16(22)7-3-14/h2-11,19H,12-13H2,1H3,(H,23,24,27). The average Bonchev–Trinajstić information content (AvgIpc) is 3.40. The number of nitrogens with one attached hydrogen (secondary N) is 1. The fraction of sp³-hybridized carbons (Fsp3) is 0.190. The molecule has 0 spiro atoms. The lowest BCUT2D eigenvalue weighted by Crippen LogP contribution is -2.28. The maximum atomic E-state index is 13.0. The van der Waals surface area contributed by atoms with E-state index in [9.17, 15) is 9.18 Å². The molecular weight excluding hydrogens is 375 g/mol. The number of rotatable bonds is 6. The summed E-state index contributed by atoms with van der Waals surface area (Å²) >= 11 is 0. The Labute approximate surface area is 166 Å². The average molecular weight is 394 g/mol. The first kappa shape index (κ1) is 18.7. The van der Waals surface area contributed by atoms with E-state index in [0.29, 0.717) is 24.5 Å². The van der Waals surface area contributed by atoms with Gasteiger partial charge in [-0.1, -0.05) is 17.3 Å². The van der Waals surface area contributed by atoms with Crippen molar-refractivity contribution in [1.82, 2.24) is 9.78 Å². The van der Waals surface area contributed by atoms with Crippen LogP contribution in [0.4, 0.5) is 10.2 Å². The van der Waals surface area contributed by atoms with Crippen LogP contribution in [0.25, 0.3) is 0 Å².